The van der Waals surface area contributed by atoms with Crippen molar-refractivity contribution in [1.29, 1.82) is 0 Å². The van der Waals surface area contributed by atoms with Crippen molar-refractivity contribution in [3.8, 4) is 0 Å². The first-order chi connectivity index (χ1) is 9.67. The van der Waals surface area contributed by atoms with Crippen molar-refractivity contribution in [3.63, 3.8) is 0 Å². The van der Waals surface area contributed by atoms with Gasteiger partial charge in [-0.05, 0) is 19.8 Å². The number of aliphatic imine (C=N–C) groups is 1. The Kier molecular flexibility index (Phi) is 8.02. The van der Waals surface area contributed by atoms with Gasteiger partial charge in [0.15, 0.2) is 5.96 Å². The van der Waals surface area contributed by atoms with Gasteiger partial charge >= 0.3 is 0 Å². The molecule has 1 unspecified atom stereocenters. The molecule has 1 rings (SSSR count). The van der Waals surface area contributed by atoms with Gasteiger partial charge in [-0.3, -0.25) is 4.79 Å². The highest BCUT2D eigenvalue weighted by Gasteiger charge is 2.19. The van der Waals surface area contributed by atoms with E-state index in [0.717, 1.165) is 45.1 Å². The van der Waals surface area contributed by atoms with E-state index in [-0.39, 0.29) is 12.5 Å². The number of ether oxygens (including phenoxy) is 1. The van der Waals surface area contributed by atoms with Gasteiger partial charge in [-0.2, -0.15) is 0 Å². The molecule has 1 heterocycles. The zero-order valence-corrected chi connectivity index (χ0v) is 12.9. The first kappa shape index (κ1) is 16.8. The van der Waals surface area contributed by atoms with E-state index in [1.54, 1.807) is 0 Å². The summed E-state index contributed by atoms with van der Waals surface area (Å²) in [5, 5.41) is 6.05. The Hall–Kier alpha value is -1.30. The fraction of sp³-hybridized carbons (Fsp3) is 0.857. The summed E-state index contributed by atoms with van der Waals surface area (Å²) in [5.41, 5.74) is 0. The average molecular weight is 284 g/mol. The number of carbonyl (C=O) groups is 1. The molecule has 20 heavy (non-hydrogen) atoms. The minimum atomic E-state index is -0.0279. The fourth-order valence-electron chi connectivity index (χ4n) is 2.14. The van der Waals surface area contributed by atoms with Gasteiger partial charge in [-0.1, -0.05) is 6.92 Å². The van der Waals surface area contributed by atoms with Crippen LogP contribution in [-0.4, -0.2) is 63.2 Å². The minimum Gasteiger partial charge on any atom is -0.381 e. The van der Waals surface area contributed by atoms with E-state index < -0.39 is 0 Å². The number of guanidine groups is 1. The predicted molar refractivity (Wildman–Crippen MR) is 80.8 cm³/mol. The molecule has 0 aromatic heterocycles. The van der Waals surface area contributed by atoms with Crippen LogP contribution in [0.4, 0.5) is 0 Å². The Morgan fingerprint density at radius 3 is 2.80 bits per heavy atom. The Bertz CT molecular complexity index is 314. The monoisotopic (exact) mass is 284 g/mol. The third kappa shape index (κ3) is 6.23. The predicted octanol–water partition coefficient (Wildman–Crippen LogP) is 0.446. The lowest BCUT2D eigenvalue weighted by molar-refractivity contribution is -0.119. The van der Waals surface area contributed by atoms with Crippen molar-refractivity contribution in [1.82, 2.24) is 15.5 Å². The lowest BCUT2D eigenvalue weighted by Crippen LogP contribution is -2.42. The molecule has 0 spiro atoms. The number of carbonyl (C=O) groups excluding carboxylic acids is 1. The standard InChI is InChI=1S/C14H28N4O2/c1-4-7-16-13(19)9-17-14(15-5-2)18(3)10-12-6-8-20-11-12/h12H,4-11H2,1-3H3,(H,15,17)(H,16,19). The quantitative estimate of drug-likeness (QED) is 0.526. The van der Waals surface area contributed by atoms with Crippen LogP contribution in [0.1, 0.15) is 26.7 Å². The zero-order valence-electron chi connectivity index (χ0n) is 12.9. The molecule has 1 fully saturated rings. The number of hydrogen-bond donors (Lipinski definition) is 2. The van der Waals surface area contributed by atoms with E-state index in [9.17, 15) is 4.79 Å². The molecule has 0 aromatic rings. The lowest BCUT2D eigenvalue weighted by Gasteiger charge is -2.24. The van der Waals surface area contributed by atoms with Crippen LogP contribution in [0.3, 0.4) is 0 Å². The van der Waals surface area contributed by atoms with Crippen LogP contribution in [0.25, 0.3) is 0 Å². The van der Waals surface area contributed by atoms with Crippen molar-refractivity contribution in [2.75, 3.05) is 46.4 Å². The van der Waals surface area contributed by atoms with E-state index in [4.69, 9.17) is 4.74 Å². The molecule has 1 atom stereocenters. The largest absolute Gasteiger partial charge is 0.381 e. The number of amides is 1. The number of nitrogens with zero attached hydrogens (tertiary/aromatic N) is 2. The summed E-state index contributed by atoms with van der Waals surface area (Å²) < 4.78 is 5.39. The maximum absolute atomic E-state index is 11.6. The van der Waals surface area contributed by atoms with Gasteiger partial charge in [0.05, 0.1) is 6.61 Å². The second-order valence-corrected chi connectivity index (χ2v) is 5.13. The third-order valence-corrected chi connectivity index (χ3v) is 3.20. The summed E-state index contributed by atoms with van der Waals surface area (Å²) in [6.07, 6.45) is 2.04. The van der Waals surface area contributed by atoms with Crippen LogP contribution < -0.4 is 10.6 Å². The van der Waals surface area contributed by atoms with E-state index in [1.165, 1.54) is 0 Å². The molecule has 0 radical (unpaired) electrons. The van der Waals surface area contributed by atoms with Crippen LogP contribution in [0.2, 0.25) is 0 Å². The van der Waals surface area contributed by atoms with Crippen LogP contribution in [-0.2, 0) is 9.53 Å². The lowest BCUT2D eigenvalue weighted by atomic mass is 10.1. The normalized spacial score (nSPS) is 18.9. The first-order valence-electron chi connectivity index (χ1n) is 7.51. The van der Waals surface area contributed by atoms with Crippen molar-refractivity contribution in [2.45, 2.75) is 26.7 Å². The van der Waals surface area contributed by atoms with Gasteiger partial charge in [-0.15, -0.1) is 0 Å². The van der Waals surface area contributed by atoms with E-state index in [1.807, 2.05) is 20.9 Å². The Balaban J connectivity index is 2.45. The summed E-state index contributed by atoms with van der Waals surface area (Å²) in [6.45, 7) is 8.31. The molecule has 1 saturated heterocycles. The topological polar surface area (TPSA) is 66.0 Å². The second kappa shape index (κ2) is 9.58. The van der Waals surface area contributed by atoms with Crippen LogP contribution >= 0.6 is 0 Å². The molecule has 1 amide bonds. The molecule has 1 aliphatic heterocycles. The highest BCUT2D eigenvalue weighted by Crippen LogP contribution is 2.13. The fourth-order valence-corrected chi connectivity index (χ4v) is 2.14. The van der Waals surface area contributed by atoms with Crippen molar-refractivity contribution in [2.24, 2.45) is 10.9 Å². The molecule has 1 aliphatic rings. The third-order valence-electron chi connectivity index (χ3n) is 3.20. The maximum Gasteiger partial charge on any atom is 0.241 e. The minimum absolute atomic E-state index is 0.0279. The number of nitrogens with one attached hydrogen (secondary N) is 2. The molecular weight excluding hydrogens is 256 g/mol. The molecular formula is C14H28N4O2. The highest BCUT2D eigenvalue weighted by atomic mass is 16.5. The van der Waals surface area contributed by atoms with E-state index in [2.05, 4.69) is 20.5 Å². The Morgan fingerprint density at radius 2 is 2.20 bits per heavy atom. The molecule has 6 nitrogen and oxygen atoms in total. The molecule has 2 N–H and O–H groups in total. The highest BCUT2D eigenvalue weighted by molar-refractivity contribution is 5.84. The molecule has 0 aromatic carbocycles. The smallest absolute Gasteiger partial charge is 0.241 e. The summed E-state index contributed by atoms with van der Waals surface area (Å²) in [6, 6.07) is 0. The van der Waals surface area contributed by atoms with Gasteiger partial charge < -0.3 is 20.3 Å². The second-order valence-electron chi connectivity index (χ2n) is 5.13. The SMILES string of the molecule is CCCNC(=O)CN=C(NCC)N(C)CC1CCOC1. The Labute approximate surface area is 122 Å². The van der Waals surface area contributed by atoms with Crippen LogP contribution in [0.15, 0.2) is 4.99 Å². The summed E-state index contributed by atoms with van der Waals surface area (Å²) in [7, 11) is 2.00. The van der Waals surface area contributed by atoms with Gasteiger partial charge in [-0.25, -0.2) is 4.99 Å². The van der Waals surface area contributed by atoms with E-state index >= 15 is 0 Å². The maximum atomic E-state index is 11.6. The summed E-state index contributed by atoms with van der Waals surface area (Å²) in [5.74, 6) is 1.31. The van der Waals surface area contributed by atoms with Gasteiger partial charge in [0, 0.05) is 39.2 Å². The van der Waals surface area contributed by atoms with E-state index in [0.29, 0.717) is 12.5 Å². The Morgan fingerprint density at radius 1 is 1.40 bits per heavy atom. The van der Waals surface area contributed by atoms with Crippen LogP contribution in [0.5, 0.6) is 0 Å². The summed E-state index contributed by atoms with van der Waals surface area (Å²) in [4.78, 5) is 18.1. The zero-order chi connectivity index (χ0) is 14.8. The average Bonchev–Trinajstić information content (AvgIpc) is 2.93. The van der Waals surface area contributed by atoms with Gasteiger partial charge in [0.25, 0.3) is 0 Å². The number of hydrogen-bond acceptors (Lipinski definition) is 3. The first-order valence-corrected chi connectivity index (χ1v) is 7.51. The van der Waals surface area contributed by atoms with Crippen molar-refractivity contribution in [3.05, 3.63) is 0 Å². The summed E-state index contributed by atoms with van der Waals surface area (Å²) >= 11 is 0. The molecule has 116 valence electrons. The van der Waals surface area contributed by atoms with Gasteiger partial charge in [0.1, 0.15) is 6.54 Å². The number of rotatable bonds is 7. The molecule has 0 saturated carbocycles. The molecule has 6 heteroatoms. The van der Waals surface area contributed by atoms with Gasteiger partial charge in [0.2, 0.25) is 5.91 Å². The molecule has 0 bridgehead atoms. The van der Waals surface area contributed by atoms with Crippen molar-refractivity contribution < 1.29 is 9.53 Å². The molecule has 0 aliphatic carbocycles. The van der Waals surface area contributed by atoms with Crippen molar-refractivity contribution >= 4 is 11.9 Å². The van der Waals surface area contributed by atoms with Crippen LogP contribution in [0, 0.1) is 5.92 Å².